The molecule has 1 aromatic heterocycles. The quantitative estimate of drug-likeness (QED) is 0.752. The van der Waals surface area contributed by atoms with Gasteiger partial charge in [0.25, 0.3) is 0 Å². The SMILES string of the molecule is CC(c1c(Cl)cnn1C)C(N)CO. The monoisotopic (exact) mass is 203 g/mol. The Labute approximate surface area is 82.3 Å². The molecule has 1 aromatic rings. The number of hydrogen-bond donors (Lipinski definition) is 2. The van der Waals surface area contributed by atoms with Crippen LogP contribution in [0.25, 0.3) is 0 Å². The van der Waals surface area contributed by atoms with Crippen LogP contribution in [0.1, 0.15) is 18.5 Å². The molecule has 0 aromatic carbocycles. The second-order valence-electron chi connectivity index (χ2n) is 3.14. The van der Waals surface area contributed by atoms with Gasteiger partial charge in [0.05, 0.1) is 23.5 Å². The Hall–Kier alpha value is -0.580. The zero-order valence-corrected chi connectivity index (χ0v) is 8.49. The maximum Gasteiger partial charge on any atom is 0.0821 e. The predicted molar refractivity (Wildman–Crippen MR) is 51.7 cm³/mol. The van der Waals surface area contributed by atoms with Crippen LogP contribution < -0.4 is 5.73 Å². The molecule has 4 nitrogen and oxygen atoms in total. The van der Waals surface area contributed by atoms with Crippen LogP contribution in [0.3, 0.4) is 0 Å². The first-order chi connectivity index (χ1) is 6.07. The lowest BCUT2D eigenvalue weighted by Crippen LogP contribution is -2.31. The van der Waals surface area contributed by atoms with Gasteiger partial charge in [-0.15, -0.1) is 0 Å². The van der Waals surface area contributed by atoms with Crippen LogP contribution in [-0.4, -0.2) is 27.5 Å². The van der Waals surface area contributed by atoms with E-state index in [2.05, 4.69) is 5.10 Å². The number of aliphatic hydroxyl groups is 1. The summed E-state index contributed by atoms with van der Waals surface area (Å²) in [7, 11) is 1.81. The number of nitrogens with two attached hydrogens (primary N) is 1. The molecule has 13 heavy (non-hydrogen) atoms. The fourth-order valence-electron chi connectivity index (χ4n) is 1.29. The van der Waals surface area contributed by atoms with Crippen LogP contribution in [0.15, 0.2) is 6.20 Å². The summed E-state index contributed by atoms with van der Waals surface area (Å²) < 4.78 is 1.68. The van der Waals surface area contributed by atoms with Gasteiger partial charge >= 0.3 is 0 Å². The molecular formula is C8H14ClN3O. The highest BCUT2D eigenvalue weighted by atomic mass is 35.5. The van der Waals surface area contributed by atoms with Gasteiger partial charge in [0.2, 0.25) is 0 Å². The van der Waals surface area contributed by atoms with E-state index in [1.54, 1.807) is 10.9 Å². The van der Waals surface area contributed by atoms with Crippen LogP contribution in [0.4, 0.5) is 0 Å². The van der Waals surface area contributed by atoms with E-state index in [0.29, 0.717) is 5.02 Å². The van der Waals surface area contributed by atoms with E-state index in [9.17, 15) is 0 Å². The van der Waals surface area contributed by atoms with Crippen molar-refractivity contribution < 1.29 is 5.11 Å². The summed E-state index contributed by atoms with van der Waals surface area (Å²) in [6, 6.07) is -0.298. The summed E-state index contributed by atoms with van der Waals surface area (Å²) in [4.78, 5) is 0. The summed E-state index contributed by atoms with van der Waals surface area (Å²) in [5.74, 6) is 0.00463. The van der Waals surface area contributed by atoms with E-state index in [0.717, 1.165) is 5.69 Å². The smallest absolute Gasteiger partial charge is 0.0821 e. The van der Waals surface area contributed by atoms with Gasteiger partial charge in [0.15, 0.2) is 0 Å². The van der Waals surface area contributed by atoms with Gasteiger partial charge in [-0.1, -0.05) is 18.5 Å². The van der Waals surface area contributed by atoms with Crippen molar-refractivity contribution >= 4 is 11.6 Å². The van der Waals surface area contributed by atoms with Crippen molar-refractivity contribution in [1.29, 1.82) is 0 Å². The number of halogens is 1. The van der Waals surface area contributed by atoms with Crippen LogP contribution >= 0.6 is 11.6 Å². The molecule has 74 valence electrons. The zero-order chi connectivity index (χ0) is 10.0. The van der Waals surface area contributed by atoms with E-state index in [4.69, 9.17) is 22.4 Å². The van der Waals surface area contributed by atoms with Crippen LogP contribution in [-0.2, 0) is 7.05 Å². The summed E-state index contributed by atoms with van der Waals surface area (Å²) in [5, 5.41) is 13.5. The first-order valence-corrected chi connectivity index (χ1v) is 4.49. The maximum absolute atomic E-state index is 8.89. The minimum atomic E-state index is -0.298. The average Bonchev–Trinajstić information content (AvgIpc) is 2.44. The van der Waals surface area contributed by atoms with Crippen molar-refractivity contribution in [2.75, 3.05) is 6.61 Å². The number of aliphatic hydroxyl groups excluding tert-OH is 1. The molecule has 1 rings (SSSR count). The van der Waals surface area contributed by atoms with Gasteiger partial charge in [-0.25, -0.2) is 0 Å². The Morgan fingerprint density at radius 2 is 2.38 bits per heavy atom. The second kappa shape index (κ2) is 4.09. The molecular weight excluding hydrogens is 190 g/mol. The summed E-state index contributed by atoms with van der Waals surface area (Å²) in [6.45, 7) is 1.87. The van der Waals surface area contributed by atoms with Gasteiger partial charge in [0, 0.05) is 19.0 Å². The molecule has 2 unspecified atom stereocenters. The summed E-state index contributed by atoms with van der Waals surface area (Å²) in [5.41, 5.74) is 6.56. The summed E-state index contributed by atoms with van der Waals surface area (Å²) >= 11 is 5.92. The number of nitrogens with zero attached hydrogens (tertiary/aromatic N) is 2. The Morgan fingerprint density at radius 1 is 1.77 bits per heavy atom. The molecule has 0 fully saturated rings. The molecule has 0 aliphatic heterocycles. The van der Waals surface area contributed by atoms with E-state index in [1.807, 2.05) is 14.0 Å². The number of rotatable bonds is 3. The molecule has 0 spiro atoms. The standard InChI is InChI=1S/C8H14ClN3O/c1-5(7(10)4-13)8-6(9)3-11-12(8)2/h3,5,7,13H,4,10H2,1-2H3. The molecule has 0 aliphatic carbocycles. The lowest BCUT2D eigenvalue weighted by Gasteiger charge is -2.18. The van der Waals surface area contributed by atoms with Gasteiger partial charge in [0.1, 0.15) is 0 Å². The zero-order valence-electron chi connectivity index (χ0n) is 7.74. The first kappa shape index (κ1) is 10.5. The lowest BCUT2D eigenvalue weighted by atomic mass is 10.00. The van der Waals surface area contributed by atoms with Crippen molar-refractivity contribution in [3.8, 4) is 0 Å². The molecule has 1 heterocycles. The Bertz CT molecular complexity index is 267. The first-order valence-electron chi connectivity index (χ1n) is 4.11. The van der Waals surface area contributed by atoms with Gasteiger partial charge in [-0.2, -0.15) is 5.10 Å². The van der Waals surface area contributed by atoms with Crippen molar-refractivity contribution in [3.05, 3.63) is 16.9 Å². The van der Waals surface area contributed by atoms with Gasteiger partial charge < -0.3 is 10.8 Å². The average molecular weight is 204 g/mol. The molecule has 0 aliphatic rings. The Kier molecular flexibility index (Phi) is 3.30. The third kappa shape index (κ3) is 2.02. The Morgan fingerprint density at radius 3 is 2.77 bits per heavy atom. The molecule has 0 saturated heterocycles. The number of aryl methyl sites for hydroxylation is 1. The normalized spacial score (nSPS) is 15.8. The number of aromatic nitrogens is 2. The molecule has 0 saturated carbocycles. The van der Waals surface area contributed by atoms with Crippen molar-refractivity contribution in [1.82, 2.24) is 9.78 Å². The largest absolute Gasteiger partial charge is 0.395 e. The molecule has 0 radical (unpaired) electrons. The van der Waals surface area contributed by atoms with Crippen LogP contribution in [0.2, 0.25) is 5.02 Å². The highest BCUT2D eigenvalue weighted by Crippen LogP contribution is 2.24. The van der Waals surface area contributed by atoms with Crippen molar-refractivity contribution in [2.45, 2.75) is 18.9 Å². The fourth-order valence-corrected chi connectivity index (χ4v) is 1.63. The number of hydrogen-bond acceptors (Lipinski definition) is 3. The molecule has 2 atom stereocenters. The van der Waals surface area contributed by atoms with E-state index in [1.165, 1.54) is 0 Å². The highest BCUT2D eigenvalue weighted by molar-refractivity contribution is 6.31. The topological polar surface area (TPSA) is 64.1 Å². The maximum atomic E-state index is 8.89. The third-order valence-electron chi connectivity index (χ3n) is 2.22. The third-order valence-corrected chi connectivity index (χ3v) is 2.51. The predicted octanol–water partition coefficient (Wildman–Crippen LogP) is 0.497. The van der Waals surface area contributed by atoms with E-state index in [-0.39, 0.29) is 18.6 Å². The van der Waals surface area contributed by atoms with Crippen LogP contribution in [0, 0.1) is 0 Å². The fraction of sp³-hybridized carbons (Fsp3) is 0.625. The Balaban J connectivity index is 2.93. The minimum absolute atomic E-state index is 0.00463. The van der Waals surface area contributed by atoms with E-state index < -0.39 is 0 Å². The van der Waals surface area contributed by atoms with Gasteiger partial charge in [-0.05, 0) is 0 Å². The van der Waals surface area contributed by atoms with Crippen molar-refractivity contribution in [3.63, 3.8) is 0 Å². The van der Waals surface area contributed by atoms with Crippen molar-refractivity contribution in [2.24, 2.45) is 12.8 Å². The second-order valence-corrected chi connectivity index (χ2v) is 3.54. The van der Waals surface area contributed by atoms with Crippen LogP contribution in [0.5, 0.6) is 0 Å². The van der Waals surface area contributed by atoms with E-state index >= 15 is 0 Å². The molecule has 0 amide bonds. The highest BCUT2D eigenvalue weighted by Gasteiger charge is 2.20. The molecule has 0 bridgehead atoms. The molecule has 5 heteroatoms. The minimum Gasteiger partial charge on any atom is -0.395 e. The molecule has 3 N–H and O–H groups in total. The van der Waals surface area contributed by atoms with Gasteiger partial charge in [-0.3, -0.25) is 4.68 Å². The lowest BCUT2D eigenvalue weighted by molar-refractivity contribution is 0.250. The summed E-state index contributed by atoms with van der Waals surface area (Å²) in [6.07, 6.45) is 1.58.